The van der Waals surface area contributed by atoms with E-state index in [4.69, 9.17) is 4.74 Å². The van der Waals surface area contributed by atoms with Gasteiger partial charge in [-0.3, -0.25) is 14.6 Å². The average molecular weight is 429 g/mol. The fraction of sp³-hybridized carbons (Fsp3) is 0.240. The van der Waals surface area contributed by atoms with Crippen LogP contribution in [0.2, 0.25) is 0 Å². The first-order valence-electron chi connectivity index (χ1n) is 10.7. The standard InChI is InChI=1S/C25H23N3O4/c29-22-9-7-16-8-10-24(30)27-21-15-28(25(31)20-6-1-2-11-26-20)14-19(21)17-4-3-5-18(13-17)32-23(22)12-16/h1-7,9,11-13,19,21,29H,8,10,14-15H2,(H,27,30)/t19-,21+/m0/s1. The molecule has 0 radical (unpaired) electrons. The Kier molecular flexibility index (Phi) is 5.23. The van der Waals surface area contributed by atoms with Crippen molar-refractivity contribution in [2.75, 3.05) is 13.1 Å². The van der Waals surface area contributed by atoms with Crippen LogP contribution in [0.5, 0.6) is 17.2 Å². The van der Waals surface area contributed by atoms with Gasteiger partial charge in [0.2, 0.25) is 5.91 Å². The monoisotopic (exact) mass is 429 g/mol. The molecule has 7 heteroatoms. The lowest BCUT2D eigenvalue weighted by atomic mass is 9.94. The summed E-state index contributed by atoms with van der Waals surface area (Å²) in [5, 5.41) is 13.4. The number of phenols is 1. The number of phenolic OH excluding ortho intramolecular Hbond substituents is 1. The molecule has 2 N–H and O–H groups in total. The maximum absolute atomic E-state index is 13.0. The second-order valence-corrected chi connectivity index (χ2v) is 8.18. The third-order valence-electron chi connectivity index (χ3n) is 6.02. The second-order valence-electron chi connectivity index (χ2n) is 8.18. The Morgan fingerprint density at radius 2 is 1.97 bits per heavy atom. The van der Waals surface area contributed by atoms with Gasteiger partial charge in [0.25, 0.3) is 5.91 Å². The Hall–Kier alpha value is -3.87. The summed E-state index contributed by atoms with van der Waals surface area (Å²) in [4.78, 5) is 31.7. The number of ether oxygens (including phenoxy) is 1. The molecule has 2 atom stereocenters. The molecular weight excluding hydrogens is 406 g/mol. The Labute approximate surface area is 185 Å². The number of rotatable bonds is 1. The first kappa shape index (κ1) is 20.1. The van der Waals surface area contributed by atoms with Crippen molar-refractivity contribution in [2.45, 2.75) is 24.8 Å². The molecule has 0 unspecified atom stereocenters. The molecule has 3 heterocycles. The molecule has 2 amide bonds. The Balaban J connectivity index is 1.49. The van der Waals surface area contributed by atoms with Gasteiger partial charge < -0.3 is 20.1 Å². The number of carbonyl (C=O) groups is 2. The summed E-state index contributed by atoms with van der Waals surface area (Å²) in [5.41, 5.74) is 2.25. The van der Waals surface area contributed by atoms with Gasteiger partial charge in [-0.05, 0) is 53.9 Å². The molecule has 0 saturated carbocycles. The molecule has 32 heavy (non-hydrogen) atoms. The first-order valence-corrected chi connectivity index (χ1v) is 10.7. The number of carbonyl (C=O) groups excluding carboxylic acids is 2. The summed E-state index contributed by atoms with van der Waals surface area (Å²) in [6.45, 7) is 0.869. The smallest absolute Gasteiger partial charge is 0.272 e. The number of fused-ring (bicyclic) bond motifs is 6. The zero-order chi connectivity index (χ0) is 22.1. The van der Waals surface area contributed by atoms with E-state index < -0.39 is 0 Å². The molecule has 2 aliphatic heterocycles. The van der Waals surface area contributed by atoms with Crippen molar-refractivity contribution in [3.63, 3.8) is 0 Å². The third kappa shape index (κ3) is 4.01. The number of benzene rings is 2. The predicted molar refractivity (Wildman–Crippen MR) is 118 cm³/mol. The summed E-state index contributed by atoms with van der Waals surface area (Å²) in [5.74, 6) is 0.679. The highest BCUT2D eigenvalue weighted by Crippen LogP contribution is 2.35. The van der Waals surface area contributed by atoms with E-state index >= 15 is 0 Å². The molecule has 1 fully saturated rings. The number of likely N-dealkylation sites (tertiary alicyclic amines) is 1. The van der Waals surface area contributed by atoms with E-state index in [2.05, 4.69) is 10.3 Å². The summed E-state index contributed by atoms with van der Waals surface area (Å²) < 4.78 is 5.98. The highest BCUT2D eigenvalue weighted by Gasteiger charge is 2.38. The number of nitrogens with zero attached hydrogens (tertiary/aromatic N) is 2. The molecule has 2 aliphatic rings. The van der Waals surface area contributed by atoms with Crippen LogP contribution in [0.4, 0.5) is 0 Å². The largest absolute Gasteiger partial charge is 0.504 e. The normalized spacial score (nSPS) is 20.1. The van der Waals surface area contributed by atoms with Gasteiger partial charge in [0.05, 0.1) is 6.04 Å². The van der Waals surface area contributed by atoms with Crippen LogP contribution in [0.1, 0.15) is 34.0 Å². The molecule has 2 aromatic carbocycles. The fourth-order valence-electron chi connectivity index (χ4n) is 4.37. The number of aromatic nitrogens is 1. The Morgan fingerprint density at radius 1 is 1.06 bits per heavy atom. The number of hydrogen-bond donors (Lipinski definition) is 2. The zero-order valence-corrected chi connectivity index (χ0v) is 17.4. The van der Waals surface area contributed by atoms with Crippen molar-refractivity contribution < 1.29 is 19.4 Å². The Morgan fingerprint density at radius 3 is 2.81 bits per heavy atom. The number of nitrogens with one attached hydrogen (secondary N) is 1. The van der Waals surface area contributed by atoms with E-state index in [9.17, 15) is 14.7 Å². The van der Waals surface area contributed by atoms with E-state index in [1.54, 1.807) is 47.5 Å². The van der Waals surface area contributed by atoms with Crippen LogP contribution in [0.15, 0.2) is 66.9 Å². The fourth-order valence-corrected chi connectivity index (χ4v) is 4.37. The van der Waals surface area contributed by atoms with E-state index in [0.717, 1.165) is 11.1 Å². The van der Waals surface area contributed by atoms with Crippen LogP contribution < -0.4 is 10.1 Å². The van der Waals surface area contributed by atoms with Crippen molar-refractivity contribution in [2.24, 2.45) is 0 Å². The van der Waals surface area contributed by atoms with Crippen molar-refractivity contribution in [3.8, 4) is 17.2 Å². The van der Waals surface area contributed by atoms with Crippen LogP contribution in [0.25, 0.3) is 0 Å². The average Bonchev–Trinajstić information content (AvgIpc) is 3.23. The van der Waals surface area contributed by atoms with Gasteiger partial charge in [-0.2, -0.15) is 0 Å². The molecule has 5 rings (SSSR count). The van der Waals surface area contributed by atoms with Crippen LogP contribution in [-0.4, -0.2) is 45.9 Å². The number of amides is 2. The van der Waals surface area contributed by atoms with Crippen molar-refractivity contribution in [3.05, 3.63) is 83.7 Å². The molecule has 162 valence electrons. The van der Waals surface area contributed by atoms with E-state index in [0.29, 0.717) is 43.1 Å². The lowest BCUT2D eigenvalue weighted by molar-refractivity contribution is -0.121. The van der Waals surface area contributed by atoms with E-state index in [-0.39, 0.29) is 29.5 Å². The van der Waals surface area contributed by atoms with E-state index in [1.807, 2.05) is 24.3 Å². The molecule has 3 aromatic rings. The maximum atomic E-state index is 13.0. The highest BCUT2D eigenvalue weighted by molar-refractivity contribution is 5.92. The summed E-state index contributed by atoms with van der Waals surface area (Å²) in [6, 6.07) is 17.8. The maximum Gasteiger partial charge on any atom is 0.272 e. The van der Waals surface area contributed by atoms with Gasteiger partial charge in [-0.25, -0.2) is 0 Å². The number of hydrogen-bond acceptors (Lipinski definition) is 5. The first-order chi connectivity index (χ1) is 15.6. The molecular formula is C25H23N3O4. The minimum Gasteiger partial charge on any atom is -0.504 e. The van der Waals surface area contributed by atoms with Crippen molar-refractivity contribution >= 4 is 11.8 Å². The van der Waals surface area contributed by atoms with Gasteiger partial charge >= 0.3 is 0 Å². The number of aromatic hydroxyl groups is 1. The summed E-state index contributed by atoms with van der Waals surface area (Å²) in [6.07, 6.45) is 2.43. The minimum absolute atomic E-state index is 0.0457. The van der Waals surface area contributed by atoms with Crippen molar-refractivity contribution in [1.82, 2.24) is 15.2 Å². The minimum atomic E-state index is -0.220. The molecule has 7 nitrogen and oxygen atoms in total. The highest BCUT2D eigenvalue weighted by atomic mass is 16.5. The van der Waals surface area contributed by atoms with Crippen LogP contribution in [0.3, 0.4) is 0 Å². The topological polar surface area (TPSA) is 91.8 Å². The van der Waals surface area contributed by atoms with Crippen LogP contribution in [-0.2, 0) is 11.2 Å². The van der Waals surface area contributed by atoms with Gasteiger partial charge in [-0.1, -0.05) is 24.3 Å². The van der Waals surface area contributed by atoms with Crippen molar-refractivity contribution in [1.29, 1.82) is 0 Å². The van der Waals surface area contributed by atoms with Crippen LogP contribution >= 0.6 is 0 Å². The van der Waals surface area contributed by atoms with Gasteiger partial charge in [0.1, 0.15) is 11.4 Å². The van der Waals surface area contributed by atoms with Gasteiger partial charge in [0.15, 0.2) is 11.5 Å². The zero-order valence-electron chi connectivity index (χ0n) is 17.4. The summed E-state index contributed by atoms with van der Waals surface area (Å²) in [7, 11) is 0. The molecule has 0 spiro atoms. The molecule has 1 aromatic heterocycles. The summed E-state index contributed by atoms with van der Waals surface area (Å²) >= 11 is 0. The SMILES string of the molecule is O=C1CCc2ccc(O)c(c2)Oc2cccc(c2)[C@@H]2CN(C(=O)c3ccccn3)C[C@H]2N1. The quantitative estimate of drug-likeness (QED) is 0.620. The molecule has 1 saturated heterocycles. The molecule has 4 bridgehead atoms. The van der Waals surface area contributed by atoms with Gasteiger partial charge in [-0.15, -0.1) is 0 Å². The lowest BCUT2D eigenvalue weighted by Crippen LogP contribution is -2.40. The number of aryl methyl sites for hydroxylation is 1. The molecule has 0 aliphatic carbocycles. The van der Waals surface area contributed by atoms with E-state index in [1.165, 1.54) is 0 Å². The lowest BCUT2D eigenvalue weighted by Gasteiger charge is -2.20. The third-order valence-corrected chi connectivity index (χ3v) is 6.02. The number of pyridine rings is 1. The van der Waals surface area contributed by atoms with Crippen LogP contribution in [0, 0.1) is 0 Å². The predicted octanol–water partition coefficient (Wildman–Crippen LogP) is 3.25. The van der Waals surface area contributed by atoms with Gasteiger partial charge in [0, 0.05) is 31.6 Å². The Bertz CT molecular complexity index is 1160. The second kappa shape index (κ2) is 8.34.